The summed E-state index contributed by atoms with van der Waals surface area (Å²) in [7, 11) is 1.30. The zero-order chi connectivity index (χ0) is 13.7. The van der Waals surface area contributed by atoms with Crippen LogP contribution in [0, 0.1) is 5.92 Å². The van der Waals surface area contributed by atoms with E-state index in [1.54, 1.807) is 0 Å². The summed E-state index contributed by atoms with van der Waals surface area (Å²) in [5.74, 6) is -0.823. The van der Waals surface area contributed by atoms with Crippen molar-refractivity contribution in [1.29, 1.82) is 0 Å². The first-order valence-electron chi connectivity index (χ1n) is 5.62. The van der Waals surface area contributed by atoms with Crippen molar-refractivity contribution in [2.45, 2.75) is 26.3 Å². The summed E-state index contributed by atoms with van der Waals surface area (Å²) in [4.78, 5) is 23.6. The van der Waals surface area contributed by atoms with Crippen LogP contribution >= 0.6 is 15.9 Å². The van der Waals surface area contributed by atoms with E-state index in [-0.39, 0.29) is 11.8 Å². The molecule has 0 aliphatic rings. The lowest BCUT2D eigenvalue weighted by Crippen LogP contribution is -2.45. The lowest BCUT2D eigenvalue weighted by Gasteiger charge is -2.21. The fourth-order valence-electron chi connectivity index (χ4n) is 1.47. The highest BCUT2D eigenvalue weighted by molar-refractivity contribution is 9.10. The highest BCUT2D eigenvalue weighted by Crippen LogP contribution is 2.18. The van der Waals surface area contributed by atoms with Crippen LogP contribution in [0.5, 0.6) is 0 Å². The molecule has 2 atom stereocenters. The maximum absolute atomic E-state index is 12.0. The smallest absolute Gasteiger partial charge is 0.328 e. The van der Waals surface area contributed by atoms with Crippen molar-refractivity contribution in [3.8, 4) is 0 Å². The van der Waals surface area contributed by atoms with Gasteiger partial charge in [-0.1, -0.05) is 20.3 Å². The van der Waals surface area contributed by atoms with Gasteiger partial charge >= 0.3 is 5.97 Å². The Morgan fingerprint density at radius 2 is 2.22 bits per heavy atom. The van der Waals surface area contributed by atoms with Crippen LogP contribution in [0.3, 0.4) is 0 Å². The van der Waals surface area contributed by atoms with Crippen molar-refractivity contribution in [3.63, 3.8) is 0 Å². The Bertz CT molecular complexity index is 429. The molecule has 1 aromatic heterocycles. The SMILES string of the molecule is CCC(C)C(NC(=O)c1ccoc1Br)C(=O)OC. The monoisotopic (exact) mass is 317 g/mol. The number of methoxy groups -OCH3 is 1. The number of ether oxygens (including phenoxy) is 1. The summed E-state index contributed by atoms with van der Waals surface area (Å²) < 4.78 is 10.0. The first-order chi connectivity index (χ1) is 8.51. The third-order valence-electron chi connectivity index (χ3n) is 2.82. The summed E-state index contributed by atoms with van der Waals surface area (Å²) in [6.45, 7) is 3.83. The molecule has 100 valence electrons. The highest BCUT2D eigenvalue weighted by atomic mass is 79.9. The molecule has 2 unspecified atom stereocenters. The third-order valence-corrected chi connectivity index (χ3v) is 3.43. The molecule has 0 saturated carbocycles. The molecule has 5 nitrogen and oxygen atoms in total. The average Bonchev–Trinajstić information content (AvgIpc) is 2.80. The van der Waals surface area contributed by atoms with Crippen LogP contribution in [0.1, 0.15) is 30.6 Å². The predicted molar refractivity (Wildman–Crippen MR) is 69.1 cm³/mol. The van der Waals surface area contributed by atoms with Gasteiger partial charge in [0.2, 0.25) is 0 Å². The second-order valence-electron chi connectivity index (χ2n) is 3.97. The van der Waals surface area contributed by atoms with E-state index < -0.39 is 12.0 Å². The molecule has 6 heteroatoms. The Labute approximate surface area is 114 Å². The fraction of sp³-hybridized carbons (Fsp3) is 0.500. The number of hydrogen-bond donors (Lipinski definition) is 1. The van der Waals surface area contributed by atoms with Crippen LogP contribution in [-0.2, 0) is 9.53 Å². The summed E-state index contributed by atoms with van der Waals surface area (Å²) in [5.41, 5.74) is 0.354. The zero-order valence-corrected chi connectivity index (χ0v) is 12.1. The molecule has 1 N–H and O–H groups in total. The average molecular weight is 318 g/mol. The van der Waals surface area contributed by atoms with Crippen LogP contribution in [-0.4, -0.2) is 25.0 Å². The van der Waals surface area contributed by atoms with E-state index in [4.69, 9.17) is 9.15 Å². The van der Waals surface area contributed by atoms with Gasteiger partial charge in [-0.05, 0) is 27.9 Å². The van der Waals surface area contributed by atoms with Crippen molar-refractivity contribution >= 4 is 27.8 Å². The molecule has 1 rings (SSSR count). The van der Waals surface area contributed by atoms with Crippen molar-refractivity contribution in [2.24, 2.45) is 5.92 Å². The van der Waals surface area contributed by atoms with Crippen molar-refractivity contribution in [3.05, 3.63) is 22.6 Å². The number of halogens is 1. The number of hydrogen-bond acceptors (Lipinski definition) is 4. The van der Waals surface area contributed by atoms with Gasteiger partial charge in [-0.15, -0.1) is 0 Å². The molecule has 0 aliphatic heterocycles. The topological polar surface area (TPSA) is 68.5 Å². The second-order valence-corrected chi connectivity index (χ2v) is 4.69. The van der Waals surface area contributed by atoms with Gasteiger partial charge in [-0.25, -0.2) is 4.79 Å². The lowest BCUT2D eigenvalue weighted by molar-refractivity contribution is -0.144. The van der Waals surface area contributed by atoms with Crippen molar-refractivity contribution < 1.29 is 18.7 Å². The summed E-state index contributed by atoms with van der Waals surface area (Å²) in [6.07, 6.45) is 2.15. The minimum absolute atomic E-state index is 0.00734. The molecule has 1 amide bonds. The number of esters is 1. The minimum Gasteiger partial charge on any atom is -0.467 e. The van der Waals surface area contributed by atoms with Crippen molar-refractivity contribution in [2.75, 3.05) is 7.11 Å². The van der Waals surface area contributed by atoms with Gasteiger partial charge in [0.05, 0.1) is 18.9 Å². The van der Waals surface area contributed by atoms with E-state index in [2.05, 4.69) is 21.2 Å². The van der Waals surface area contributed by atoms with E-state index >= 15 is 0 Å². The molecule has 0 fully saturated rings. The van der Waals surface area contributed by atoms with Crippen LogP contribution < -0.4 is 5.32 Å². The van der Waals surface area contributed by atoms with Crippen LogP contribution in [0.4, 0.5) is 0 Å². The molecule has 18 heavy (non-hydrogen) atoms. The number of carbonyl (C=O) groups is 2. The Morgan fingerprint density at radius 3 is 2.67 bits per heavy atom. The standard InChI is InChI=1S/C12H16BrNO4/c1-4-7(2)9(12(16)17-3)14-11(15)8-5-6-18-10(8)13/h5-7,9H,4H2,1-3H3,(H,14,15). The predicted octanol–water partition coefficient (Wildman–Crippen LogP) is 2.36. The molecule has 0 aromatic carbocycles. The molecule has 0 radical (unpaired) electrons. The summed E-state index contributed by atoms with van der Waals surface area (Å²) >= 11 is 3.12. The van der Waals surface area contributed by atoms with E-state index in [9.17, 15) is 9.59 Å². The Balaban J connectivity index is 2.81. The van der Waals surface area contributed by atoms with Crippen LogP contribution in [0.25, 0.3) is 0 Å². The zero-order valence-electron chi connectivity index (χ0n) is 10.5. The molecule has 0 bridgehead atoms. The van der Waals surface area contributed by atoms with Crippen LogP contribution in [0.15, 0.2) is 21.4 Å². The normalized spacial score (nSPS) is 13.8. The van der Waals surface area contributed by atoms with Gasteiger partial charge < -0.3 is 14.5 Å². The fourth-order valence-corrected chi connectivity index (χ4v) is 1.89. The number of amides is 1. The molecular weight excluding hydrogens is 302 g/mol. The van der Waals surface area contributed by atoms with E-state index in [1.165, 1.54) is 19.4 Å². The van der Waals surface area contributed by atoms with E-state index in [1.807, 2.05) is 13.8 Å². The van der Waals surface area contributed by atoms with Gasteiger partial charge in [0.1, 0.15) is 6.04 Å². The van der Waals surface area contributed by atoms with Gasteiger partial charge in [0.15, 0.2) is 4.67 Å². The van der Waals surface area contributed by atoms with Gasteiger partial charge in [0, 0.05) is 0 Å². The summed E-state index contributed by atoms with van der Waals surface area (Å²) in [5, 5.41) is 2.66. The number of carbonyl (C=O) groups excluding carboxylic acids is 2. The Hall–Kier alpha value is -1.30. The molecular formula is C12H16BrNO4. The maximum Gasteiger partial charge on any atom is 0.328 e. The van der Waals surface area contributed by atoms with Gasteiger partial charge in [-0.3, -0.25) is 4.79 Å². The molecule has 1 heterocycles. The number of furan rings is 1. The first-order valence-corrected chi connectivity index (χ1v) is 6.42. The molecule has 0 aliphatic carbocycles. The molecule has 0 saturated heterocycles. The minimum atomic E-state index is -0.658. The Morgan fingerprint density at radius 1 is 1.56 bits per heavy atom. The first kappa shape index (κ1) is 14.8. The Kier molecular flexibility index (Phi) is 5.40. The largest absolute Gasteiger partial charge is 0.467 e. The molecule has 1 aromatic rings. The van der Waals surface area contributed by atoms with Crippen molar-refractivity contribution in [1.82, 2.24) is 5.32 Å². The third kappa shape index (κ3) is 3.35. The molecule has 0 spiro atoms. The second kappa shape index (κ2) is 6.58. The number of nitrogens with one attached hydrogen (secondary N) is 1. The lowest BCUT2D eigenvalue weighted by atomic mass is 9.99. The van der Waals surface area contributed by atoms with E-state index in [0.717, 1.165) is 6.42 Å². The van der Waals surface area contributed by atoms with E-state index in [0.29, 0.717) is 10.2 Å². The van der Waals surface area contributed by atoms with Gasteiger partial charge in [-0.2, -0.15) is 0 Å². The maximum atomic E-state index is 12.0. The highest BCUT2D eigenvalue weighted by Gasteiger charge is 2.28. The quantitative estimate of drug-likeness (QED) is 0.846. The van der Waals surface area contributed by atoms with Gasteiger partial charge in [0.25, 0.3) is 5.91 Å². The summed E-state index contributed by atoms with van der Waals surface area (Å²) in [6, 6.07) is 0.874. The van der Waals surface area contributed by atoms with Crippen LogP contribution in [0.2, 0.25) is 0 Å². The number of rotatable bonds is 5.